The van der Waals surface area contributed by atoms with E-state index in [1.165, 1.54) is 0 Å². The Hall–Kier alpha value is -1.06. The Morgan fingerprint density at radius 1 is 1.25 bits per heavy atom. The summed E-state index contributed by atoms with van der Waals surface area (Å²) >= 11 is 0. The van der Waals surface area contributed by atoms with E-state index in [0.717, 1.165) is 0 Å². The van der Waals surface area contributed by atoms with E-state index >= 15 is 0 Å². The first-order valence-electron chi connectivity index (χ1n) is 5.48. The highest BCUT2D eigenvalue weighted by Gasteiger charge is 2.26. The molecular formula is C13H20O3. The second kappa shape index (κ2) is 4.85. The van der Waals surface area contributed by atoms with Gasteiger partial charge in [-0.3, -0.25) is 0 Å². The molecule has 0 heterocycles. The third kappa shape index (κ3) is 3.51. The van der Waals surface area contributed by atoms with Crippen LogP contribution in [0.4, 0.5) is 0 Å². The summed E-state index contributed by atoms with van der Waals surface area (Å²) in [4.78, 5) is 0. The molecule has 0 amide bonds. The standard InChI is InChI=1S/C13H20O3/c1-9(2)16-11-7-5-6-10(8-11)12(14)13(3,4)15/h5-9,12,14-15H,1-4H3. The summed E-state index contributed by atoms with van der Waals surface area (Å²) in [7, 11) is 0. The fraction of sp³-hybridized carbons (Fsp3) is 0.538. The molecule has 0 spiro atoms. The third-order valence-corrected chi connectivity index (χ3v) is 2.21. The normalized spacial score (nSPS) is 13.9. The van der Waals surface area contributed by atoms with Gasteiger partial charge in [0.2, 0.25) is 0 Å². The van der Waals surface area contributed by atoms with Crippen molar-refractivity contribution in [1.82, 2.24) is 0 Å². The van der Waals surface area contributed by atoms with Crippen molar-refractivity contribution in [3.05, 3.63) is 29.8 Å². The molecule has 16 heavy (non-hydrogen) atoms. The van der Waals surface area contributed by atoms with Crippen molar-refractivity contribution in [2.45, 2.75) is 45.5 Å². The Morgan fingerprint density at radius 3 is 2.38 bits per heavy atom. The van der Waals surface area contributed by atoms with Crippen LogP contribution in [0.15, 0.2) is 24.3 Å². The van der Waals surface area contributed by atoms with Gasteiger partial charge in [0.15, 0.2) is 0 Å². The van der Waals surface area contributed by atoms with Crippen molar-refractivity contribution in [2.75, 3.05) is 0 Å². The van der Waals surface area contributed by atoms with Crippen LogP contribution in [0.5, 0.6) is 5.75 Å². The maximum atomic E-state index is 9.91. The van der Waals surface area contributed by atoms with E-state index in [4.69, 9.17) is 4.74 Å². The molecule has 90 valence electrons. The van der Waals surface area contributed by atoms with Gasteiger partial charge in [0, 0.05) is 0 Å². The van der Waals surface area contributed by atoms with Gasteiger partial charge in [0.1, 0.15) is 11.9 Å². The third-order valence-electron chi connectivity index (χ3n) is 2.21. The lowest BCUT2D eigenvalue weighted by Crippen LogP contribution is -2.28. The molecule has 0 fully saturated rings. The molecule has 3 nitrogen and oxygen atoms in total. The molecule has 1 atom stereocenters. The average molecular weight is 224 g/mol. The molecule has 0 aromatic heterocycles. The number of hydrogen-bond acceptors (Lipinski definition) is 3. The molecule has 0 saturated carbocycles. The van der Waals surface area contributed by atoms with Crippen molar-refractivity contribution in [3.63, 3.8) is 0 Å². The average Bonchev–Trinajstić information content (AvgIpc) is 2.14. The summed E-state index contributed by atoms with van der Waals surface area (Å²) in [6.45, 7) is 7.04. The molecule has 0 aliphatic carbocycles. The minimum atomic E-state index is -1.16. The van der Waals surface area contributed by atoms with Crippen molar-refractivity contribution in [3.8, 4) is 5.75 Å². The van der Waals surface area contributed by atoms with Gasteiger partial charge in [-0.1, -0.05) is 12.1 Å². The summed E-state index contributed by atoms with van der Waals surface area (Å²) in [5.41, 5.74) is -0.498. The molecule has 0 aliphatic heterocycles. The summed E-state index contributed by atoms with van der Waals surface area (Å²) in [5, 5.41) is 19.6. The van der Waals surface area contributed by atoms with Crippen LogP contribution in [0, 0.1) is 0 Å². The molecular weight excluding hydrogens is 204 g/mol. The van der Waals surface area contributed by atoms with E-state index in [-0.39, 0.29) is 6.10 Å². The number of aliphatic hydroxyl groups excluding tert-OH is 1. The number of rotatable bonds is 4. The first-order chi connectivity index (χ1) is 7.30. The lowest BCUT2D eigenvalue weighted by molar-refractivity contribution is -0.0497. The summed E-state index contributed by atoms with van der Waals surface area (Å²) in [6, 6.07) is 7.17. The molecule has 0 aliphatic rings. The molecule has 0 saturated heterocycles. The summed E-state index contributed by atoms with van der Waals surface area (Å²) in [6.07, 6.45) is -0.822. The zero-order chi connectivity index (χ0) is 12.3. The van der Waals surface area contributed by atoms with Crippen LogP contribution in [0.3, 0.4) is 0 Å². The fourth-order valence-electron chi connectivity index (χ4n) is 1.44. The number of hydrogen-bond donors (Lipinski definition) is 2. The van der Waals surface area contributed by atoms with Crippen LogP contribution in [-0.2, 0) is 0 Å². The molecule has 1 aromatic carbocycles. The highest BCUT2D eigenvalue weighted by Crippen LogP contribution is 2.27. The monoisotopic (exact) mass is 224 g/mol. The molecule has 3 heteroatoms. The van der Waals surface area contributed by atoms with Crippen molar-refractivity contribution < 1.29 is 14.9 Å². The van der Waals surface area contributed by atoms with Crippen LogP contribution in [-0.4, -0.2) is 21.9 Å². The zero-order valence-corrected chi connectivity index (χ0v) is 10.3. The number of ether oxygens (including phenoxy) is 1. The lowest BCUT2D eigenvalue weighted by atomic mass is 9.95. The summed E-state index contributed by atoms with van der Waals surface area (Å²) < 4.78 is 5.52. The summed E-state index contributed by atoms with van der Waals surface area (Å²) in [5.74, 6) is 0.704. The van der Waals surface area contributed by atoms with Gasteiger partial charge < -0.3 is 14.9 Å². The van der Waals surface area contributed by atoms with Crippen LogP contribution in [0.1, 0.15) is 39.4 Å². The van der Waals surface area contributed by atoms with E-state index in [2.05, 4.69) is 0 Å². The van der Waals surface area contributed by atoms with E-state index < -0.39 is 11.7 Å². The first kappa shape index (κ1) is 13.0. The van der Waals surface area contributed by atoms with Gasteiger partial charge in [0.05, 0.1) is 11.7 Å². The smallest absolute Gasteiger partial charge is 0.120 e. The van der Waals surface area contributed by atoms with Gasteiger partial charge >= 0.3 is 0 Å². The van der Waals surface area contributed by atoms with Crippen LogP contribution < -0.4 is 4.74 Å². The fourth-order valence-corrected chi connectivity index (χ4v) is 1.44. The Morgan fingerprint density at radius 2 is 1.88 bits per heavy atom. The van der Waals surface area contributed by atoms with E-state index in [0.29, 0.717) is 11.3 Å². The highest BCUT2D eigenvalue weighted by molar-refractivity contribution is 5.31. The van der Waals surface area contributed by atoms with E-state index in [1.54, 1.807) is 26.0 Å². The maximum Gasteiger partial charge on any atom is 0.120 e. The Bertz CT molecular complexity index is 339. The minimum absolute atomic E-state index is 0.0922. The molecule has 2 N–H and O–H groups in total. The van der Waals surface area contributed by atoms with Crippen molar-refractivity contribution in [2.24, 2.45) is 0 Å². The van der Waals surface area contributed by atoms with Crippen LogP contribution >= 0.6 is 0 Å². The second-order valence-corrected chi connectivity index (χ2v) is 4.80. The zero-order valence-electron chi connectivity index (χ0n) is 10.3. The topological polar surface area (TPSA) is 49.7 Å². The predicted octanol–water partition coefficient (Wildman–Crippen LogP) is 2.28. The molecule has 0 bridgehead atoms. The van der Waals surface area contributed by atoms with Crippen LogP contribution in [0.25, 0.3) is 0 Å². The van der Waals surface area contributed by atoms with Crippen molar-refractivity contribution in [1.29, 1.82) is 0 Å². The van der Waals surface area contributed by atoms with Gasteiger partial charge in [0.25, 0.3) is 0 Å². The lowest BCUT2D eigenvalue weighted by Gasteiger charge is -2.25. The number of benzene rings is 1. The minimum Gasteiger partial charge on any atom is -0.491 e. The van der Waals surface area contributed by atoms with Crippen LogP contribution in [0.2, 0.25) is 0 Å². The first-order valence-corrected chi connectivity index (χ1v) is 5.48. The number of aliphatic hydroxyl groups is 2. The molecule has 1 rings (SSSR count). The molecule has 1 aromatic rings. The Labute approximate surface area is 96.7 Å². The van der Waals surface area contributed by atoms with Gasteiger partial charge in [-0.15, -0.1) is 0 Å². The molecule has 1 unspecified atom stereocenters. The van der Waals surface area contributed by atoms with E-state index in [9.17, 15) is 10.2 Å². The largest absolute Gasteiger partial charge is 0.491 e. The Kier molecular flexibility index (Phi) is 3.94. The highest BCUT2D eigenvalue weighted by atomic mass is 16.5. The Balaban J connectivity index is 2.90. The molecule has 0 radical (unpaired) electrons. The van der Waals surface area contributed by atoms with Gasteiger partial charge in [-0.25, -0.2) is 0 Å². The van der Waals surface area contributed by atoms with E-state index in [1.807, 2.05) is 26.0 Å². The SMILES string of the molecule is CC(C)Oc1cccc(C(O)C(C)(C)O)c1. The van der Waals surface area contributed by atoms with Crippen molar-refractivity contribution >= 4 is 0 Å². The predicted molar refractivity (Wildman–Crippen MR) is 63.5 cm³/mol. The second-order valence-electron chi connectivity index (χ2n) is 4.80. The van der Waals surface area contributed by atoms with Gasteiger partial charge in [-0.2, -0.15) is 0 Å². The maximum absolute atomic E-state index is 9.91. The quantitative estimate of drug-likeness (QED) is 0.825. The van der Waals surface area contributed by atoms with Gasteiger partial charge in [-0.05, 0) is 45.4 Å².